The largest absolute Gasteiger partial charge is 0.458 e. The van der Waals surface area contributed by atoms with E-state index in [1.807, 2.05) is 6.92 Å². The van der Waals surface area contributed by atoms with Crippen LogP contribution in [0, 0.1) is 0 Å². The van der Waals surface area contributed by atoms with Gasteiger partial charge in [0.25, 0.3) is 0 Å². The Bertz CT molecular complexity index is 377. The number of carbonyl (C=O) groups excluding carboxylic acids is 1. The van der Waals surface area contributed by atoms with Crippen LogP contribution in [-0.4, -0.2) is 35.6 Å². The molecule has 0 spiro atoms. The highest BCUT2D eigenvalue weighted by atomic mass is 16.6. The van der Waals surface area contributed by atoms with E-state index in [2.05, 4.69) is 12.0 Å². The standard InChI is InChI=1S/C12H21N3O3/c1-3-5-6-17-7-8-18-12(16)11-10(13)9-15(4-2)14-11/h9H,3-8,13H2,1-2H3. The molecule has 0 unspecified atom stereocenters. The number of rotatable bonds is 8. The van der Waals surface area contributed by atoms with Gasteiger partial charge in [-0.3, -0.25) is 4.68 Å². The van der Waals surface area contributed by atoms with Crippen LogP contribution in [0.5, 0.6) is 0 Å². The van der Waals surface area contributed by atoms with E-state index in [9.17, 15) is 4.79 Å². The van der Waals surface area contributed by atoms with Crippen LogP contribution in [0.2, 0.25) is 0 Å². The molecule has 0 aromatic carbocycles. The van der Waals surface area contributed by atoms with Gasteiger partial charge in [-0.15, -0.1) is 0 Å². The second-order valence-electron chi connectivity index (χ2n) is 3.89. The smallest absolute Gasteiger partial charge is 0.361 e. The normalized spacial score (nSPS) is 10.6. The van der Waals surface area contributed by atoms with Crippen molar-refractivity contribution in [1.29, 1.82) is 0 Å². The molecule has 0 aliphatic rings. The zero-order valence-corrected chi connectivity index (χ0v) is 11.0. The predicted octanol–water partition coefficient (Wildman–Crippen LogP) is 1.46. The lowest BCUT2D eigenvalue weighted by Crippen LogP contribution is -2.13. The highest BCUT2D eigenvalue weighted by molar-refractivity contribution is 5.92. The first-order valence-electron chi connectivity index (χ1n) is 6.26. The Morgan fingerprint density at radius 2 is 2.17 bits per heavy atom. The molecule has 0 aliphatic heterocycles. The third kappa shape index (κ3) is 4.37. The average Bonchev–Trinajstić information content (AvgIpc) is 2.75. The van der Waals surface area contributed by atoms with Gasteiger partial charge in [-0.2, -0.15) is 5.10 Å². The number of esters is 1. The summed E-state index contributed by atoms with van der Waals surface area (Å²) in [7, 11) is 0. The van der Waals surface area contributed by atoms with Crippen molar-refractivity contribution >= 4 is 11.7 Å². The fraction of sp³-hybridized carbons (Fsp3) is 0.667. The number of hydrogen-bond acceptors (Lipinski definition) is 5. The van der Waals surface area contributed by atoms with Gasteiger partial charge in [-0.25, -0.2) is 4.79 Å². The van der Waals surface area contributed by atoms with Gasteiger partial charge >= 0.3 is 5.97 Å². The third-order valence-electron chi connectivity index (χ3n) is 2.41. The molecule has 0 aliphatic carbocycles. The summed E-state index contributed by atoms with van der Waals surface area (Å²) in [5, 5.41) is 4.03. The van der Waals surface area contributed by atoms with E-state index in [-0.39, 0.29) is 12.3 Å². The zero-order valence-electron chi connectivity index (χ0n) is 11.0. The molecule has 1 heterocycles. The number of nitrogen functional groups attached to an aromatic ring is 1. The van der Waals surface area contributed by atoms with E-state index in [1.165, 1.54) is 0 Å². The zero-order chi connectivity index (χ0) is 13.4. The number of ether oxygens (including phenoxy) is 2. The molecular weight excluding hydrogens is 234 g/mol. The summed E-state index contributed by atoms with van der Waals surface area (Å²) in [4.78, 5) is 11.7. The Morgan fingerprint density at radius 3 is 2.78 bits per heavy atom. The Labute approximate surface area is 107 Å². The molecule has 2 N–H and O–H groups in total. The van der Waals surface area contributed by atoms with Crippen LogP contribution in [-0.2, 0) is 16.0 Å². The summed E-state index contributed by atoms with van der Waals surface area (Å²) in [5.41, 5.74) is 6.19. The number of aromatic nitrogens is 2. The SMILES string of the molecule is CCCCOCCOC(=O)c1nn(CC)cc1N. The second-order valence-corrected chi connectivity index (χ2v) is 3.89. The van der Waals surface area contributed by atoms with Gasteiger partial charge in [-0.05, 0) is 13.3 Å². The number of carbonyl (C=O) groups is 1. The van der Waals surface area contributed by atoms with E-state index in [4.69, 9.17) is 15.2 Å². The van der Waals surface area contributed by atoms with Crippen LogP contribution >= 0.6 is 0 Å². The van der Waals surface area contributed by atoms with Gasteiger partial charge in [0.2, 0.25) is 0 Å². The molecule has 1 rings (SSSR count). The van der Waals surface area contributed by atoms with E-state index >= 15 is 0 Å². The Balaban J connectivity index is 2.29. The predicted molar refractivity (Wildman–Crippen MR) is 68.3 cm³/mol. The van der Waals surface area contributed by atoms with Crippen molar-refractivity contribution in [3.05, 3.63) is 11.9 Å². The van der Waals surface area contributed by atoms with Crippen molar-refractivity contribution < 1.29 is 14.3 Å². The monoisotopic (exact) mass is 255 g/mol. The summed E-state index contributed by atoms with van der Waals surface area (Å²) in [6.45, 7) is 6.00. The van der Waals surface area contributed by atoms with Gasteiger partial charge < -0.3 is 15.2 Å². The lowest BCUT2D eigenvalue weighted by atomic mass is 10.4. The van der Waals surface area contributed by atoms with Crippen LogP contribution in [0.25, 0.3) is 0 Å². The molecule has 0 saturated carbocycles. The van der Waals surface area contributed by atoms with Crippen LogP contribution in [0.1, 0.15) is 37.2 Å². The molecule has 6 nitrogen and oxygen atoms in total. The summed E-state index contributed by atoms with van der Waals surface area (Å²) < 4.78 is 11.9. The summed E-state index contributed by atoms with van der Waals surface area (Å²) in [5.74, 6) is -0.501. The fourth-order valence-electron chi connectivity index (χ4n) is 1.37. The van der Waals surface area contributed by atoms with E-state index in [0.29, 0.717) is 25.4 Å². The van der Waals surface area contributed by atoms with Crippen LogP contribution in [0.15, 0.2) is 6.20 Å². The maximum Gasteiger partial charge on any atom is 0.361 e. The third-order valence-corrected chi connectivity index (χ3v) is 2.41. The van der Waals surface area contributed by atoms with Gasteiger partial charge in [0.15, 0.2) is 5.69 Å². The van der Waals surface area contributed by atoms with Crippen molar-refractivity contribution in [2.75, 3.05) is 25.6 Å². The minimum Gasteiger partial charge on any atom is -0.458 e. The van der Waals surface area contributed by atoms with E-state index < -0.39 is 5.97 Å². The summed E-state index contributed by atoms with van der Waals surface area (Å²) in [6.07, 6.45) is 3.72. The Morgan fingerprint density at radius 1 is 1.39 bits per heavy atom. The molecule has 1 aromatic heterocycles. The van der Waals surface area contributed by atoms with Crippen LogP contribution in [0.3, 0.4) is 0 Å². The molecule has 102 valence electrons. The number of aryl methyl sites for hydroxylation is 1. The van der Waals surface area contributed by atoms with Gasteiger partial charge in [0.05, 0.1) is 12.3 Å². The molecule has 6 heteroatoms. The molecule has 1 aromatic rings. The number of anilines is 1. The molecule has 0 radical (unpaired) electrons. The van der Waals surface area contributed by atoms with Crippen molar-refractivity contribution in [3.8, 4) is 0 Å². The van der Waals surface area contributed by atoms with Crippen molar-refractivity contribution in [1.82, 2.24) is 9.78 Å². The quantitative estimate of drug-likeness (QED) is 0.562. The van der Waals surface area contributed by atoms with Gasteiger partial charge in [-0.1, -0.05) is 13.3 Å². The maximum atomic E-state index is 11.7. The first-order valence-corrected chi connectivity index (χ1v) is 6.26. The Hall–Kier alpha value is -1.56. The van der Waals surface area contributed by atoms with E-state index in [1.54, 1.807) is 10.9 Å². The fourth-order valence-corrected chi connectivity index (χ4v) is 1.37. The van der Waals surface area contributed by atoms with Crippen molar-refractivity contribution in [2.24, 2.45) is 0 Å². The van der Waals surface area contributed by atoms with Crippen LogP contribution < -0.4 is 5.73 Å². The molecule has 0 atom stereocenters. The maximum absolute atomic E-state index is 11.7. The van der Waals surface area contributed by atoms with E-state index in [0.717, 1.165) is 12.8 Å². The highest BCUT2D eigenvalue weighted by Gasteiger charge is 2.15. The van der Waals surface area contributed by atoms with Crippen LogP contribution in [0.4, 0.5) is 5.69 Å². The molecule has 0 bridgehead atoms. The first kappa shape index (κ1) is 14.5. The number of nitrogens with zero attached hydrogens (tertiary/aromatic N) is 2. The molecule has 0 fully saturated rings. The van der Waals surface area contributed by atoms with Crippen molar-refractivity contribution in [3.63, 3.8) is 0 Å². The molecule has 0 amide bonds. The minimum atomic E-state index is -0.501. The Kier molecular flexibility index (Phi) is 6.21. The average molecular weight is 255 g/mol. The molecule has 18 heavy (non-hydrogen) atoms. The number of unbranched alkanes of at least 4 members (excludes halogenated alkanes) is 1. The second kappa shape index (κ2) is 7.71. The van der Waals surface area contributed by atoms with Gasteiger partial charge in [0, 0.05) is 19.3 Å². The topological polar surface area (TPSA) is 79.4 Å². The first-order chi connectivity index (χ1) is 8.69. The lowest BCUT2D eigenvalue weighted by Gasteiger charge is -2.04. The molecule has 0 saturated heterocycles. The number of hydrogen-bond donors (Lipinski definition) is 1. The highest BCUT2D eigenvalue weighted by Crippen LogP contribution is 2.10. The minimum absolute atomic E-state index is 0.172. The molecular formula is C12H21N3O3. The summed E-state index contributed by atoms with van der Waals surface area (Å²) in [6, 6.07) is 0. The number of nitrogens with two attached hydrogens (primary N) is 1. The summed E-state index contributed by atoms with van der Waals surface area (Å²) >= 11 is 0. The lowest BCUT2D eigenvalue weighted by molar-refractivity contribution is 0.0308. The van der Waals surface area contributed by atoms with Crippen molar-refractivity contribution in [2.45, 2.75) is 33.2 Å². The van der Waals surface area contributed by atoms with Gasteiger partial charge in [0.1, 0.15) is 6.61 Å².